The maximum atomic E-state index is 5.47. The molecule has 2 saturated heterocycles. The number of fused-ring (bicyclic) bond motifs is 1. The van der Waals surface area contributed by atoms with E-state index in [1.165, 1.54) is 11.8 Å². The van der Waals surface area contributed by atoms with Crippen LogP contribution in [-0.2, 0) is 11.2 Å². The summed E-state index contributed by atoms with van der Waals surface area (Å²) in [4.78, 5) is 15.6. The Morgan fingerprint density at radius 3 is 2.95 bits per heavy atom. The molecule has 0 saturated carbocycles. The monoisotopic (exact) mass is 318 g/mol. The summed E-state index contributed by atoms with van der Waals surface area (Å²) in [6, 6.07) is 2.80. The molecule has 2 aliphatic rings. The van der Waals surface area contributed by atoms with E-state index in [-0.39, 0.29) is 0 Å². The first kappa shape index (κ1) is 14.4. The Balaban J connectivity index is 1.58. The minimum Gasteiger partial charge on any atom is -0.379 e. The Hall–Kier alpha value is -1.24. The van der Waals surface area contributed by atoms with Gasteiger partial charge in [-0.1, -0.05) is 6.92 Å². The van der Waals surface area contributed by atoms with Crippen molar-refractivity contribution in [3.05, 3.63) is 17.3 Å². The van der Waals surface area contributed by atoms with Crippen LogP contribution < -0.4 is 4.90 Å². The van der Waals surface area contributed by atoms with Crippen LogP contribution in [0.5, 0.6) is 0 Å². The number of aromatic nitrogens is 2. The summed E-state index contributed by atoms with van der Waals surface area (Å²) in [5, 5.41) is 3.34. The van der Waals surface area contributed by atoms with E-state index < -0.39 is 0 Å². The number of thiophene rings is 1. The molecule has 2 aromatic heterocycles. The molecular formula is C16H22N4OS. The van der Waals surface area contributed by atoms with E-state index in [0.717, 1.165) is 62.3 Å². The predicted octanol–water partition coefficient (Wildman–Crippen LogP) is 2.16. The fourth-order valence-electron chi connectivity index (χ4n) is 3.46. The summed E-state index contributed by atoms with van der Waals surface area (Å²) < 4.78 is 5.47. The molecule has 0 radical (unpaired) electrons. The zero-order valence-corrected chi connectivity index (χ0v) is 13.8. The number of hydrogen-bond acceptors (Lipinski definition) is 6. The predicted molar refractivity (Wildman–Crippen MR) is 89.8 cm³/mol. The van der Waals surface area contributed by atoms with Gasteiger partial charge in [-0.15, -0.1) is 11.3 Å². The average Bonchev–Trinajstić information content (AvgIpc) is 3.24. The van der Waals surface area contributed by atoms with Gasteiger partial charge in [-0.3, -0.25) is 4.90 Å². The maximum Gasteiger partial charge on any atom is 0.141 e. The van der Waals surface area contributed by atoms with Crippen LogP contribution in [0.3, 0.4) is 0 Å². The Bertz CT molecular complexity index is 653. The highest BCUT2D eigenvalue weighted by Gasteiger charge is 2.30. The molecule has 0 aliphatic carbocycles. The number of anilines is 1. The fourth-order valence-corrected chi connectivity index (χ4v) is 4.23. The first-order chi connectivity index (χ1) is 10.8. The normalized spacial score (nSPS) is 23.5. The topological polar surface area (TPSA) is 41.5 Å². The molecule has 1 unspecified atom stereocenters. The second-order valence-corrected chi connectivity index (χ2v) is 6.89. The van der Waals surface area contributed by atoms with Crippen molar-refractivity contribution >= 4 is 27.4 Å². The van der Waals surface area contributed by atoms with Crippen molar-refractivity contribution in [2.75, 3.05) is 44.3 Å². The van der Waals surface area contributed by atoms with Crippen molar-refractivity contribution in [3.8, 4) is 0 Å². The van der Waals surface area contributed by atoms with Crippen LogP contribution in [0.4, 0.5) is 5.82 Å². The minimum atomic E-state index is 0.637. The molecule has 0 N–H and O–H groups in total. The molecule has 0 aromatic carbocycles. The maximum absolute atomic E-state index is 5.47. The van der Waals surface area contributed by atoms with Crippen LogP contribution in [0.2, 0.25) is 0 Å². The number of aryl methyl sites for hydroxylation is 1. The van der Waals surface area contributed by atoms with E-state index in [2.05, 4.69) is 33.2 Å². The Kier molecular flexibility index (Phi) is 3.98. The summed E-state index contributed by atoms with van der Waals surface area (Å²) in [6.45, 7) is 8.17. The van der Waals surface area contributed by atoms with Crippen LogP contribution in [0.25, 0.3) is 10.2 Å². The number of rotatable bonds is 3. The average molecular weight is 318 g/mol. The highest BCUT2D eigenvalue weighted by Crippen LogP contribution is 2.31. The summed E-state index contributed by atoms with van der Waals surface area (Å²) >= 11 is 1.71. The molecule has 118 valence electrons. The molecule has 0 amide bonds. The van der Waals surface area contributed by atoms with Gasteiger partial charge in [-0.25, -0.2) is 9.97 Å². The van der Waals surface area contributed by atoms with Crippen molar-refractivity contribution in [2.24, 2.45) is 0 Å². The van der Waals surface area contributed by atoms with Crippen molar-refractivity contribution in [3.63, 3.8) is 0 Å². The van der Waals surface area contributed by atoms with E-state index >= 15 is 0 Å². The van der Waals surface area contributed by atoms with Crippen molar-refractivity contribution in [2.45, 2.75) is 25.8 Å². The molecule has 0 bridgehead atoms. The van der Waals surface area contributed by atoms with Crippen LogP contribution in [0.1, 0.15) is 19.2 Å². The standard InChI is InChI=1S/C16H22N4OS/c1-2-14-17-15(13-4-10-22-16(13)18-14)20-5-3-12(11-20)19-6-8-21-9-7-19/h4,10,12H,2-3,5-9,11H2,1H3. The number of hydrogen-bond donors (Lipinski definition) is 0. The Morgan fingerprint density at radius 1 is 1.27 bits per heavy atom. The van der Waals surface area contributed by atoms with Gasteiger partial charge in [0.1, 0.15) is 16.5 Å². The quantitative estimate of drug-likeness (QED) is 0.867. The van der Waals surface area contributed by atoms with Gasteiger partial charge in [0, 0.05) is 38.6 Å². The molecule has 4 heterocycles. The molecule has 4 rings (SSSR count). The second kappa shape index (κ2) is 6.10. The number of nitrogens with zero attached hydrogens (tertiary/aromatic N) is 4. The van der Waals surface area contributed by atoms with Gasteiger partial charge < -0.3 is 9.64 Å². The van der Waals surface area contributed by atoms with Crippen LogP contribution in [0, 0.1) is 0 Å². The molecule has 6 heteroatoms. The third-order valence-corrected chi connectivity index (χ3v) is 5.50. The van der Waals surface area contributed by atoms with E-state index in [1.807, 2.05) is 0 Å². The molecule has 5 nitrogen and oxygen atoms in total. The first-order valence-corrected chi connectivity index (χ1v) is 9.04. The van der Waals surface area contributed by atoms with Gasteiger partial charge in [0.2, 0.25) is 0 Å². The lowest BCUT2D eigenvalue weighted by molar-refractivity contribution is 0.0209. The molecule has 0 spiro atoms. The largest absolute Gasteiger partial charge is 0.379 e. The van der Waals surface area contributed by atoms with E-state index in [9.17, 15) is 0 Å². The Morgan fingerprint density at radius 2 is 2.14 bits per heavy atom. The third kappa shape index (κ3) is 2.59. The van der Waals surface area contributed by atoms with Gasteiger partial charge >= 0.3 is 0 Å². The minimum absolute atomic E-state index is 0.637. The van der Waals surface area contributed by atoms with Gasteiger partial charge in [0.15, 0.2) is 0 Å². The summed E-state index contributed by atoms with van der Waals surface area (Å²) in [5.74, 6) is 2.10. The highest BCUT2D eigenvalue weighted by atomic mass is 32.1. The van der Waals surface area contributed by atoms with Crippen molar-refractivity contribution < 1.29 is 4.74 Å². The van der Waals surface area contributed by atoms with Crippen molar-refractivity contribution in [1.82, 2.24) is 14.9 Å². The molecular weight excluding hydrogens is 296 g/mol. The smallest absolute Gasteiger partial charge is 0.141 e. The van der Waals surface area contributed by atoms with Crippen LogP contribution in [0.15, 0.2) is 11.4 Å². The lowest BCUT2D eigenvalue weighted by Crippen LogP contribution is -2.44. The van der Waals surface area contributed by atoms with Gasteiger partial charge in [0.05, 0.1) is 18.6 Å². The zero-order valence-electron chi connectivity index (χ0n) is 13.0. The van der Waals surface area contributed by atoms with Crippen LogP contribution >= 0.6 is 11.3 Å². The van der Waals surface area contributed by atoms with E-state index in [4.69, 9.17) is 9.72 Å². The summed E-state index contributed by atoms with van der Waals surface area (Å²) in [5.41, 5.74) is 0. The van der Waals surface area contributed by atoms with Gasteiger partial charge in [-0.05, 0) is 17.9 Å². The molecule has 1 atom stereocenters. The molecule has 22 heavy (non-hydrogen) atoms. The molecule has 2 aromatic rings. The highest BCUT2D eigenvalue weighted by molar-refractivity contribution is 7.16. The lowest BCUT2D eigenvalue weighted by Gasteiger charge is -2.32. The summed E-state index contributed by atoms with van der Waals surface area (Å²) in [7, 11) is 0. The van der Waals surface area contributed by atoms with Gasteiger partial charge in [0.25, 0.3) is 0 Å². The fraction of sp³-hybridized carbons (Fsp3) is 0.625. The van der Waals surface area contributed by atoms with Crippen molar-refractivity contribution in [1.29, 1.82) is 0 Å². The lowest BCUT2D eigenvalue weighted by atomic mass is 10.2. The van der Waals surface area contributed by atoms with Gasteiger partial charge in [-0.2, -0.15) is 0 Å². The third-order valence-electron chi connectivity index (χ3n) is 4.69. The Labute approximate surface area is 134 Å². The molecule has 2 aliphatic heterocycles. The number of morpholine rings is 1. The SMILES string of the molecule is CCc1nc(N2CCC(N3CCOCC3)C2)c2ccsc2n1. The number of ether oxygens (including phenoxy) is 1. The first-order valence-electron chi connectivity index (χ1n) is 8.16. The van der Waals surface area contributed by atoms with E-state index in [0.29, 0.717) is 6.04 Å². The summed E-state index contributed by atoms with van der Waals surface area (Å²) in [6.07, 6.45) is 2.11. The molecule has 2 fully saturated rings. The zero-order chi connectivity index (χ0) is 14.9. The second-order valence-electron chi connectivity index (χ2n) is 5.99. The van der Waals surface area contributed by atoms with Crippen LogP contribution in [-0.4, -0.2) is 60.3 Å². The van der Waals surface area contributed by atoms with E-state index in [1.54, 1.807) is 11.3 Å².